The Labute approximate surface area is 150 Å². The van der Waals surface area contributed by atoms with Crippen LogP contribution in [0.25, 0.3) is 0 Å². The zero-order valence-corrected chi connectivity index (χ0v) is 15.8. The minimum absolute atomic E-state index is 0.197. The Kier molecular flexibility index (Phi) is 6.26. The number of esters is 1. The number of benzene rings is 1. The second-order valence-corrected chi connectivity index (χ2v) is 6.52. The summed E-state index contributed by atoms with van der Waals surface area (Å²) in [6, 6.07) is 4.37. The van der Waals surface area contributed by atoms with Crippen LogP contribution >= 0.6 is 0 Å². The van der Waals surface area contributed by atoms with E-state index in [-0.39, 0.29) is 12.3 Å². The Balaban J connectivity index is 2.00. The Morgan fingerprint density at radius 1 is 1.20 bits per heavy atom. The molecule has 0 aromatic heterocycles. The topological polar surface area (TPSA) is 42.0 Å². The van der Waals surface area contributed by atoms with E-state index in [1.807, 2.05) is 12.4 Å². The first-order valence-electron chi connectivity index (χ1n) is 8.51. The minimum atomic E-state index is -0.340. The van der Waals surface area contributed by atoms with E-state index in [1.165, 1.54) is 22.4 Å². The van der Waals surface area contributed by atoms with Crippen molar-refractivity contribution in [2.24, 2.45) is 0 Å². The molecule has 0 saturated heterocycles. The predicted molar refractivity (Wildman–Crippen MR) is 100 cm³/mol. The molecule has 0 fully saturated rings. The van der Waals surface area contributed by atoms with Crippen molar-refractivity contribution in [3.63, 3.8) is 0 Å². The van der Waals surface area contributed by atoms with Crippen LogP contribution in [0.3, 0.4) is 0 Å². The molecule has 1 aliphatic rings. The van der Waals surface area contributed by atoms with Crippen LogP contribution in [0.1, 0.15) is 30.0 Å². The molecule has 1 aromatic rings. The average Bonchev–Trinajstić information content (AvgIpc) is 2.92. The number of hydrogen-bond donors (Lipinski definition) is 0. The molecule has 1 aromatic carbocycles. The highest BCUT2D eigenvalue weighted by atomic mass is 16.5. The van der Waals surface area contributed by atoms with Gasteiger partial charge in [-0.15, -0.1) is 0 Å². The van der Waals surface area contributed by atoms with Crippen LogP contribution in [0.4, 0.5) is 5.69 Å². The monoisotopic (exact) mass is 344 g/mol. The molecule has 0 aliphatic carbocycles. The van der Waals surface area contributed by atoms with E-state index in [0.29, 0.717) is 12.2 Å². The molecule has 1 heterocycles. The molecular formula is C20H28N2O3. The fourth-order valence-corrected chi connectivity index (χ4v) is 3.20. The molecule has 0 amide bonds. The van der Waals surface area contributed by atoms with Gasteiger partial charge in [0.25, 0.3) is 0 Å². The average molecular weight is 344 g/mol. The van der Waals surface area contributed by atoms with Crippen LogP contribution in [-0.4, -0.2) is 37.5 Å². The number of carbonyl (C=O) groups excluding carboxylic acids is 1. The van der Waals surface area contributed by atoms with E-state index < -0.39 is 0 Å². The third kappa shape index (κ3) is 4.42. The summed E-state index contributed by atoms with van der Waals surface area (Å²) in [6.07, 6.45) is 4.59. The number of hydrogen-bond acceptors (Lipinski definition) is 5. The summed E-state index contributed by atoms with van der Waals surface area (Å²) in [7, 11) is 1.71. The van der Waals surface area contributed by atoms with Gasteiger partial charge in [0.05, 0.1) is 12.3 Å². The first-order chi connectivity index (χ1) is 11.8. The number of rotatable bonds is 7. The molecule has 136 valence electrons. The highest BCUT2D eigenvalue weighted by Gasteiger charge is 2.28. The summed E-state index contributed by atoms with van der Waals surface area (Å²) in [5.74, 6) is -0.340. The van der Waals surface area contributed by atoms with Gasteiger partial charge in [0.15, 0.2) is 0 Å². The van der Waals surface area contributed by atoms with Gasteiger partial charge in [-0.1, -0.05) is 24.3 Å². The molecular weight excluding hydrogens is 316 g/mol. The fraction of sp³-hybridized carbons (Fsp3) is 0.450. The Morgan fingerprint density at radius 2 is 1.84 bits per heavy atom. The lowest BCUT2D eigenvalue weighted by Gasteiger charge is -2.33. The molecule has 0 N–H and O–H groups in total. The number of methoxy groups -OCH3 is 1. The molecule has 1 aliphatic heterocycles. The SMILES string of the molecule is C=C(C)C(=O)OCCCN1C=CN(c2c(C)cc(C)cc2C)C1OC. The summed E-state index contributed by atoms with van der Waals surface area (Å²) in [5, 5.41) is 0. The van der Waals surface area contributed by atoms with Crippen molar-refractivity contribution in [2.45, 2.75) is 40.5 Å². The van der Waals surface area contributed by atoms with Gasteiger partial charge in [0, 0.05) is 31.6 Å². The molecule has 1 unspecified atom stereocenters. The van der Waals surface area contributed by atoms with Gasteiger partial charge in [0.1, 0.15) is 0 Å². The lowest BCUT2D eigenvalue weighted by molar-refractivity contribution is -0.139. The molecule has 0 saturated carbocycles. The van der Waals surface area contributed by atoms with Gasteiger partial charge < -0.3 is 19.3 Å². The summed E-state index contributed by atoms with van der Waals surface area (Å²) in [5.41, 5.74) is 5.30. The first kappa shape index (κ1) is 19.1. The molecule has 0 bridgehead atoms. The zero-order chi connectivity index (χ0) is 18.6. The predicted octanol–water partition coefficient (Wildman–Crippen LogP) is 3.64. The summed E-state index contributed by atoms with van der Waals surface area (Å²) in [6.45, 7) is 12.7. The van der Waals surface area contributed by atoms with Crippen molar-refractivity contribution in [2.75, 3.05) is 25.2 Å². The second-order valence-electron chi connectivity index (χ2n) is 6.52. The Bertz CT molecular complexity index is 659. The van der Waals surface area contributed by atoms with E-state index in [4.69, 9.17) is 9.47 Å². The van der Waals surface area contributed by atoms with Crippen LogP contribution in [-0.2, 0) is 14.3 Å². The highest BCUT2D eigenvalue weighted by Crippen LogP contribution is 2.32. The minimum Gasteiger partial charge on any atom is -0.462 e. The number of nitrogens with zero attached hydrogens (tertiary/aromatic N) is 2. The van der Waals surface area contributed by atoms with Gasteiger partial charge in [-0.2, -0.15) is 0 Å². The van der Waals surface area contributed by atoms with Crippen LogP contribution in [0.5, 0.6) is 0 Å². The molecule has 1 atom stereocenters. The van der Waals surface area contributed by atoms with Crippen LogP contribution in [0.15, 0.2) is 36.7 Å². The lowest BCUT2D eigenvalue weighted by Crippen LogP contribution is -2.41. The van der Waals surface area contributed by atoms with Crippen LogP contribution < -0.4 is 4.90 Å². The molecule has 25 heavy (non-hydrogen) atoms. The van der Waals surface area contributed by atoms with Gasteiger partial charge >= 0.3 is 5.97 Å². The van der Waals surface area contributed by atoms with Gasteiger partial charge in [-0.25, -0.2) is 4.79 Å². The maximum absolute atomic E-state index is 11.4. The van der Waals surface area contributed by atoms with Crippen LogP contribution in [0, 0.1) is 20.8 Å². The first-order valence-corrected chi connectivity index (χ1v) is 8.51. The highest BCUT2D eigenvalue weighted by molar-refractivity contribution is 5.86. The smallest absolute Gasteiger partial charge is 0.333 e. The fourth-order valence-electron chi connectivity index (χ4n) is 3.20. The molecule has 0 radical (unpaired) electrons. The van der Waals surface area contributed by atoms with Gasteiger partial charge in [-0.05, 0) is 45.2 Å². The van der Waals surface area contributed by atoms with E-state index in [0.717, 1.165) is 13.0 Å². The standard InChI is InChI=1S/C20H28N2O3/c1-14(2)19(23)25-11-7-8-21-9-10-22(20(21)24-6)18-16(4)12-15(3)13-17(18)5/h9-10,12-13,20H,1,7-8,11H2,2-6H3. The van der Waals surface area contributed by atoms with E-state index in [1.54, 1.807) is 14.0 Å². The normalized spacial score (nSPS) is 16.4. The van der Waals surface area contributed by atoms with Crippen molar-refractivity contribution in [1.29, 1.82) is 0 Å². The lowest BCUT2D eigenvalue weighted by atomic mass is 10.0. The van der Waals surface area contributed by atoms with Crippen molar-refractivity contribution in [1.82, 2.24) is 4.90 Å². The third-order valence-electron chi connectivity index (χ3n) is 4.19. The Hall–Kier alpha value is -2.27. The molecule has 2 rings (SSSR count). The van der Waals surface area contributed by atoms with Crippen molar-refractivity contribution in [3.05, 3.63) is 53.4 Å². The number of carbonyl (C=O) groups is 1. The Morgan fingerprint density at radius 3 is 2.40 bits per heavy atom. The van der Waals surface area contributed by atoms with Gasteiger partial charge in [0.2, 0.25) is 6.35 Å². The second kappa shape index (κ2) is 8.21. The van der Waals surface area contributed by atoms with E-state index >= 15 is 0 Å². The third-order valence-corrected chi connectivity index (χ3v) is 4.19. The van der Waals surface area contributed by atoms with Crippen molar-refractivity contribution >= 4 is 11.7 Å². The van der Waals surface area contributed by atoms with Crippen molar-refractivity contribution in [3.8, 4) is 0 Å². The van der Waals surface area contributed by atoms with Crippen molar-refractivity contribution < 1.29 is 14.3 Å². The zero-order valence-electron chi connectivity index (χ0n) is 15.8. The largest absolute Gasteiger partial charge is 0.462 e. The van der Waals surface area contributed by atoms with E-state index in [2.05, 4.69) is 49.3 Å². The summed E-state index contributed by atoms with van der Waals surface area (Å²) < 4.78 is 10.9. The number of aryl methyl sites for hydroxylation is 3. The molecule has 5 nitrogen and oxygen atoms in total. The summed E-state index contributed by atoms with van der Waals surface area (Å²) in [4.78, 5) is 15.7. The molecule has 0 spiro atoms. The van der Waals surface area contributed by atoms with E-state index in [9.17, 15) is 4.79 Å². The summed E-state index contributed by atoms with van der Waals surface area (Å²) >= 11 is 0. The molecule has 5 heteroatoms. The van der Waals surface area contributed by atoms with Gasteiger partial charge in [-0.3, -0.25) is 0 Å². The maximum atomic E-state index is 11.4. The number of anilines is 1. The maximum Gasteiger partial charge on any atom is 0.333 e. The quantitative estimate of drug-likeness (QED) is 0.429. The van der Waals surface area contributed by atoms with Crippen LogP contribution in [0.2, 0.25) is 0 Å². The number of ether oxygens (including phenoxy) is 2.